The third kappa shape index (κ3) is 2.17. The molecule has 0 bridgehead atoms. The van der Waals surface area contributed by atoms with Crippen LogP contribution < -0.4 is 5.32 Å². The summed E-state index contributed by atoms with van der Waals surface area (Å²) in [6, 6.07) is 4.17. The maximum atomic E-state index is 5.49. The van der Waals surface area contributed by atoms with Gasteiger partial charge in [0.15, 0.2) is 0 Å². The van der Waals surface area contributed by atoms with E-state index in [-0.39, 0.29) is 6.04 Å². The van der Waals surface area contributed by atoms with Gasteiger partial charge in [-0.25, -0.2) is 4.98 Å². The topological polar surface area (TPSA) is 24.9 Å². The Hall–Kier alpha value is -1.53. The third-order valence-electron chi connectivity index (χ3n) is 2.47. The van der Waals surface area contributed by atoms with Crippen LogP contribution in [0.2, 0.25) is 0 Å². The molecule has 1 atom stereocenters. The van der Waals surface area contributed by atoms with Crippen LogP contribution in [-0.4, -0.2) is 11.0 Å². The Balaban J connectivity index is 2.26. The average molecular weight is 230 g/mol. The second-order valence-electron chi connectivity index (χ2n) is 3.64. The van der Waals surface area contributed by atoms with Gasteiger partial charge in [-0.3, -0.25) is 0 Å². The van der Waals surface area contributed by atoms with Gasteiger partial charge in [0.05, 0.1) is 6.04 Å². The fourth-order valence-electron chi connectivity index (χ4n) is 1.66. The van der Waals surface area contributed by atoms with E-state index in [9.17, 15) is 0 Å². The van der Waals surface area contributed by atoms with Crippen LogP contribution >= 0.6 is 11.3 Å². The number of thiophene rings is 1. The van der Waals surface area contributed by atoms with Crippen LogP contribution in [0.3, 0.4) is 0 Å². The van der Waals surface area contributed by atoms with Crippen molar-refractivity contribution in [2.24, 2.45) is 0 Å². The van der Waals surface area contributed by atoms with Gasteiger partial charge in [-0.15, -0.1) is 17.8 Å². The first-order chi connectivity index (χ1) is 7.85. The second-order valence-corrected chi connectivity index (χ2v) is 4.59. The number of nitrogens with zero attached hydrogens (tertiary/aromatic N) is 1. The van der Waals surface area contributed by atoms with Crippen LogP contribution in [0.1, 0.15) is 19.8 Å². The predicted octanol–water partition coefficient (Wildman–Crippen LogP) is 3.51. The molecule has 82 valence electrons. The molecule has 0 aromatic carbocycles. The summed E-state index contributed by atoms with van der Waals surface area (Å²) in [6.07, 6.45) is 9.35. The lowest BCUT2D eigenvalue weighted by Gasteiger charge is -2.13. The minimum Gasteiger partial charge on any atom is -0.356 e. The summed E-state index contributed by atoms with van der Waals surface area (Å²) in [5.74, 6) is 3.66. The molecule has 2 aromatic rings. The van der Waals surface area contributed by atoms with Crippen molar-refractivity contribution in [3.63, 3.8) is 0 Å². The largest absolute Gasteiger partial charge is 0.356 e. The standard InChI is InChI=1S/C13H14N2S/c1-3-5-10(4-2)15-13-11-7-9-16-12(11)6-8-14-13/h2,6-10H,3,5H2,1H3,(H,14,15). The first-order valence-corrected chi connectivity index (χ1v) is 6.28. The maximum Gasteiger partial charge on any atom is 0.135 e. The number of hydrogen-bond donors (Lipinski definition) is 1. The van der Waals surface area contributed by atoms with Crippen LogP contribution in [0, 0.1) is 12.3 Å². The molecule has 1 unspecified atom stereocenters. The van der Waals surface area contributed by atoms with Gasteiger partial charge >= 0.3 is 0 Å². The van der Waals surface area contributed by atoms with Crippen molar-refractivity contribution in [1.29, 1.82) is 0 Å². The molecule has 2 aromatic heterocycles. The van der Waals surface area contributed by atoms with E-state index in [4.69, 9.17) is 6.42 Å². The minimum absolute atomic E-state index is 0.0722. The minimum atomic E-state index is 0.0722. The second kappa shape index (κ2) is 5.00. The zero-order valence-corrected chi connectivity index (χ0v) is 10.1. The molecular weight excluding hydrogens is 216 g/mol. The molecule has 2 rings (SSSR count). The molecule has 1 N–H and O–H groups in total. The maximum absolute atomic E-state index is 5.49. The van der Waals surface area contributed by atoms with Crippen LogP contribution in [0.5, 0.6) is 0 Å². The molecule has 16 heavy (non-hydrogen) atoms. The molecule has 0 saturated heterocycles. The molecule has 2 heterocycles. The number of terminal acetylenes is 1. The van der Waals surface area contributed by atoms with E-state index in [1.807, 2.05) is 12.3 Å². The quantitative estimate of drug-likeness (QED) is 0.813. The highest BCUT2D eigenvalue weighted by Gasteiger charge is 2.07. The molecule has 0 fully saturated rings. The predicted molar refractivity (Wildman–Crippen MR) is 70.8 cm³/mol. The summed E-state index contributed by atoms with van der Waals surface area (Å²) in [6.45, 7) is 2.13. The molecule has 2 nitrogen and oxygen atoms in total. The summed E-state index contributed by atoms with van der Waals surface area (Å²) in [4.78, 5) is 4.35. The summed E-state index contributed by atoms with van der Waals surface area (Å²) >= 11 is 1.72. The Bertz CT molecular complexity index is 510. The third-order valence-corrected chi connectivity index (χ3v) is 3.35. The SMILES string of the molecule is C#CC(CCC)Nc1nccc2sccc12. The smallest absolute Gasteiger partial charge is 0.135 e. The van der Waals surface area contributed by atoms with Crippen molar-refractivity contribution < 1.29 is 0 Å². The van der Waals surface area contributed by atoms with Gasteiger partial charge in [-0.05, 0) is 23.9 Å². The zero-order chi connectivity index (χ0) is 11.4. The molecule has 0 aliphatic carbocycles. The highest BCUT2D eigenvalue weighted by atomic mass is 32.1. The van der Waals surface area contributed by atoms with Crippen molar-refractivity contribution >= 4 is 27.2 Å². The van der Waals surface area contributed by atoms with Gasteiger partial charge in [-0.2, -0.15) is 0 Å². The van der Waals surface area contributed by atoms with Crippen LogP contribution in [0.4, 0.5) is 5.82 Å². The number of rotatable bonds is 4. The van der Waals surface area contributed by atoms with Gasteiger partial charge in [0.25, 0.3) is 0 Å². The van der Waals surface area contributed by atoms with E-state index in [0.717, 1.165) is 24.0 Å². The van der Waals surface area contributed by atoms with Gasteiger partial charge in [-0.1, -0.05) is 19.3 Å². The lowest BCUT2D eigenvalue weighted by atomic mass is 10.2. The number of anilines is 1. The number of pyridine rings is 1. The van der Waals surface area contributed by atoms with Crippen molar-refractivity contribution in [3.8, 4) is 12.3 Å². The average Bonchev–Trinajstić information content (AvgIpc) is 2.77. The molecular formula is C13H14N2S. The summed E-state index contributed by atoms with van der Waals surface area (Å²) in [5.41, 5.74) is 0. The van der Waals surface area contributed by atoms with E-state index in [0.29, 0.717) is 0 Å². The summed E-state index contributed by atoms with van der Waals surface area (Å²) in [7, 11) is 0. The number of fused-ring (bicyclic) bond motifs is 1. The lowest BCUT2D eigenvalue weighted by Crippen LogP contribution is -2.17. The molecule has 0 radical (unpaired) electrons. The van der Waals surface area contributed by atoms with Crippen LogP contribution in [0.25, 0.3) is 10.1 Å². The first-order valence-electron chi connectivity index (χ1n) is 5.40. The van der Waals surface area contributed by atoms with E-state index in [1.54, 1.807) is 11.3 Å². The molecule has 3 heteroatoms. The molecule has 0 aliphatic heterocycles. The Morgan fingerprint density at radius 1 is 1.56 bits per heavy atom. The normalized spacial score (nSPS) is 12.2. The number of nitrogens with one attached hydrogen (secondary N) is 1. The van der Waals surface area contributed by atoms with E-state index < -0.39 is 0 Å². The van der Waals surface area contributed by atoms with Crippen molar-refractivity contribution in [2.75, 3.05) is 5.32 Å². The van der Waals surface area contributed by atoms with Gasteiger partial charge in [0.2, 0.25) is 0 Å². The Kier molecular flexibility index (Phi) is 3.43. The van der Waals surface area contributed by atoms with E-state index >= 15 is 0 Å². The fraction of sp³-hybridized carbons (Fsp3) is 0.308. The highest BCUT2D eigenvalue weighted by Crippen LogP contribution is 2.26. The van der Waals surface area contributed by atoms with Gasteiger partial charge < -0.3 is 5.32 Å². The van der Waals surface area contributed by atoms with Crippen molar-refractivity contribution in [2.45, 2.75) is 25.8 Å². The zero-order valence-electron chi connectivity index (χ0n) is 9.23. The number of hydrogen-bond acceptors (Lipinski definition) is 3. The van der Waals surface area contributed by atoms with Gasteiger partial charge in [0, 0.05) is 16.3 Å². The van der Waals surface area contributed by atoms with E-state index in [2.05, 4.69) is 34.6 Å². The van der Waals surface area contributed by atoms with Crippen molar-refractivity contribution in [1.82, 2.24) is 4.98 Å². The Labute approximate surface area is 99.7 Å². The van der Waals surface area contributed by atoms with E-state index in [1.165, 1.54) is 4.70 Å². The molecule has 0 amide bonds. The Morgan fingerprint density at radius 3 is 3.19 bits per heavy atom. The molecule has 0 aliphatic rings. The van der Waals surface area contributed by atoms with Crippen LogP contribution in [0.15, 0.2) is 23.7 Å². The Morgan fingerprint density at radius 2 is 2.44 bits per heavy atom. The highest BCUT2D eigenvalue weighted by molar-refractivity contribution is 7.17. The summed E-state index contributed by atoms with van der Waals surface area (Å²) < 4.78 is 1.24. The number of aromatic nitrogens is 1. The fourth-order valence-corrected chi connectivity index (χ4v) is 2.44. The van der Waals surface area contributed by atoms with Crippen LogP contribution in [-0.2, 0) is 0 Å². The monoisotopic (exact) mass is 230 g/mol. The van der Waals surface area contributed by atoms with Gasteiger partial charge in [0.1, 0.15) is 5.82 Å². The molecule has 0 spiro atoms. The summed E-state index contributed by atoms with van der Waals surface area (Å²) in [5, 5.41) is 6.55. The first kappa shape index (κ1) is 11.0. The lowest BCUT2D eigenvalue weighted by molar-refractivity contribution is 0.753. The van der Waals surface area contributed by atoms with Crippen molar-refractivity contribution in [3.05, 3.63) is 23.7 Å². The molecule has 0 saturated carbocycles.